The number of benzene rings is 1. The smallest absolute Gasteiger partial charge is 0.143 e. The number of hydrogen-bond acceptors (Lipinski definition) is 4. The molecule has 0 amide bonds. The summed E-state index contributed by atoms with van der Waals surface area (Å²) in [5.41, 5.74) is 0.842. The minimum absolute atomic E-state index is 0.222. The highest BCUT2D eigenvalue weighted by Gasteiger charge is 2.31. The zero-order chi connectivity index (χ0) is 15.6. The lowest BCUT2D eigenvalue weighted by atomic mass is 10.1. The molecule has 0 bridgehead atoms. The summed E-state index contributed by atoms with van der Waals surface area (Å²) in [6, 6.07) is 8.26. The highest BCUT2D eigenvalue weighted by Crippen LogP contribution is 2.34. The standard InChI is InChI=1S/C18H20N2O2/c1-4-16(22-18(2)7-8-18)13-5-6-14-11-19-17(20-12-21-3)10-15(14)9-13/h4-11H,12H2,1-3H3,(H,19,20)/b16-4-. The van der Waals surface area contributed by atoms with Gasteiger partial charge in [-0.05, 0) is 49.6 Å². The van der Waals surface area contributed by atoms with E-state index in [0.29, 0.717) is 6.73 Å². The molecular formula is C18H20N2O2. The number of nitrogens with one attached hydrogen (secondary N) is 1. The van der Waals surface area contributed by atoms with Gasteiger partial charge in [0.05, 0.1) is 0 Å². The van der Waals surface area contributed by atoms with Gasteiger partial charge in [0.1, 0.15) is 23.9 Å². The molecule has 0 radical (unpaired) electrons. The third-order valence-corrected chi connectivity index (χ3v) is 3.63. The third kappa shape index (κ3) is 3.12. The zero-order valence-corrected chi connectivity index (χ0v) is 13.1. The van der Waals surface area contributed by atoms with Crippen LogP contribution >= 0.6 is 0 Å². The Hall–Kier alpha value is -2.33. The fourth-order valence-corrected chi connectivity index (χ4v) is 2.24. The van der Waals surface area contributed by atoms with Crippen LogP contribution in [0.5, 0.6) is 0 Å². The molecular weight excluding hydrogens is 276 g/mol. The minimum Gasteiger partial charge on any atom is -0.479 e. The van der Waals surface area contributed by atoms with E-state index in [1.165, 1.54) is 0 Å². The SMILES string of the molecule is C/C=C(\OC1(C)C=C1)c1ccc2cnc(NCOC)cc2c1. The van der Waals surface area contributed by atoms with Crippen molar-refractivity contribution >= 4 is 22.3 Å². The van der Waals surface area contributed by atoms with E-state index in [1.807, 2.05) is 44.3 Å². The molecule has 4 heteroatoms. The maximum absolute atomic E-state index is 6.03. The van der Waals surface area contributed by atoms with Crippen LogP contribution in [0.4, 0.5) is 5.82 Å². The third-order valence-electron chi connectivity index (χ3n) is 3.63. The minimum atomic E-state index is -0.222. The van der Waals surface area contributed by atoms with Gasteiger partial charge in [-0.15, -0.1) is 0 Å². The average molecular weight is 296 g/mol. The van der Waals surface area contributed by atoms with E-state index in [9.17, 15) is 0 Å². The highest BCUT2D eigenvalue weighted by atomic mass is 16.5. The number of methoxy groups -OCH3 is 1. The predicted octanol–water partition coefficient (Wildman–Crippen LogP) is 3.96. The van der Waals surface area contributed by atoms with E-state index in [-0.39, 0.29) is 5.60 Å². The van der Waals surface area contributed by atoms with Crippen molar-refractivity contribution in [1.29, 1.82) is 0 Å². The van der Waals surface area contributed by atoms with Gasteiger partial charge in [0.2, 0.25) is 0 Å². The van der Waals surface area contributed by atoms with Crippen LogP contribution in [-0.2, 0) is 9.47 Å². The van der Waals surface area contributed by atoms with Crippen LogP contribution in [0.25, 0.3) is 16.5 Å². The van der Waals surface area contributed by atoms with Crippen LogP contribution < -0.4 is 5.32 Å². The molecule has 22 heavy (non-hydrogen) atoms. The Labute approximate surface area is 130 Å². The molecule has 1 heterocycles. The number of pyridine rings is 1. The Morgan fingerprint density at radius 1 is 1.27 bits per heavy atom. The topological polar surface area (TPSA) is 43.4 Å². The number of fused-ring (bicyclic) bond motifs is 1. The van der Waals surface area contributed by atoms with Crippen molar-refractivity contribution in [2.24, 2.45) is 0 Å². The number of allylic oxidation sites excluding steroid dienone is 1. The van der Waals surface area contributed by atoms with Gasteiger partial charge in [-0.1, -0.05) is 12.1 Å². The summed E-state index contributed by atoms with van der Waals surface area (Å²) in [5, 5.41) is 5.32. The summed E-state index contributed by atoms with van der Waals surface area (Å²) in [4.78, 5) is 4.36. The second-order valence-electron chi connectivity index (χ2n) is 5.51. The number of anilines is 1. The van der Waals surface area contributed by atoms with Crippen molar-refractivity contribution in [2.45, 2.75) is 19.4 Å². The number of rotatable bonds is 6. The predicted molar refractivity (Wildman–Crippen MR) is 89.5 cm³/mol. The van der Waals surface area contributed by atoms with Crippen molar-refractivity contribution in [2.75, 3.05) is 19.2 Å². The lowest BCUT2D eigenvalue weighted by molar-refractivity contribution is 0.189. The quantitative estimate of drug-likeness (QED) is 0.498. The van der Waals surface area contributed by atoms with Crippen LogP contribution in [0.1, 0.15) is 19.4 Å². The molecule has 0 atom stereocenters. The Morgan fingerprint density at radius 3 is 2.77 bits per heavy atom. The van der Waals surface area contributed by atoms with Gasteiger partial charge in [0, 0.05) is 24.3 Å². The second-order valence-corrected chi connectivity index (χ2v) is 5.51. The monoisotopic (exact) mass is 296 g/mol. The molecule has 0 aliphatic heterocycles. The van der Waals surface area contributed by atoms with E-state index in [1.54, 1.807) is 7.11 Å². The summed E-state index contributed by atoms with van der Waals surface area (Å²) in [6.45, 7) is 4.48. The Morgan fingerprint density at radius 2 is 2.09 bits per heavy atom. The van der Waals surface area contributed by atoms with Crippen LogP contribution in [0.3, 0.4) is 0 Å². The Balaban J connectivity index is 1.89. The Kier molecular flexibility index (Phi) is 3.86. The number of hydrogen-bond donors (Lipinski definition) is 1. The van der Waals surface area contributed by atoms with Crippen LogP contribution in [-0.4, -0.2) is 24.4 Å². The van der Waals surface area contributed by atoms with Gasteiger partial charge in [0.25, 0.3) is 0 Å². The fraction of sp³-hybridized carbons (Fsp3) is 0.278. The molecule has 3 rings (SSSR count). The summed E-state index contributed by atoms with van der Waals surface area (Å²) < 4.78 is 11.0. The van der Waals surface area contributed by atoms with Crippen LogP contribution in [0.15, 0.2) is 48.7 Å². The van der Waals surface area contributed by atoms with Crippen molar-refractivity contribution in [3.05, 3.63) is 54.3 Å². The average Bonchev–Trinajstić information content (AvgIpc) is 3.27. The molecule has 4 nitrogen and oxygen atoms in total. The first kappa shape index (κ1) is 14.6. The maximum atomic E-state index is 6.03. The molecule has 1 aromatic carbocycles. The van der Waals surface area contributed by atoms with Gasteiger partial charge >= 0.3 is 0 Å². The lowest BCUT2D eigenvalue weighted by Crippen LogP contribution is -2.09. The van der Waals surface area contributed by atoms with E-state index in [0.717, 1.165) is 27.9 Å². The van der Waals surface area contributed by atoms with E-state index >= 15 is 0 Å². The van der Waals surface area contributed by atoms with Crippen LogP contribution in [0, 0.1) is 0 Å². The summed E-state index contributed by atoms with van der Waals surface area (Å²) in [6.07, 6.45) is 7.96. The lowest BCUT2D eigenvalue weighted by Gasteiger charge is -2.17. The van der Waals surface area contributed by atoms with Gasteiger partial charge in [-0.2, -0.15) is 0 Å². The van der Waals surface area contributed by atoms with Crippen molar-refractivity contribution < 1.29 is 9.47 Å². The Bertz CT molecular complexity index is 744. The molecule has 0 spiro atoms. The molecule has 0 fully saturated rings. The molecule has 1 aromatic heterocycles. The molecule has 1 aliphatic rings. The maximum Gasteiger partial charge on any atom is 0.143 e. The molecule has 1 N–H and O–H groups in total. The van der Waals surface area contributed by atoms with E-state index in [4.69, 9.17) is 9.47 Å². The number of ether oxygens (including phenoxy) is 2. The first-order valence-corrected chi connectivity index (χ1v) is 7.32. The molecule has 0 unspecified atom stereocenters. The first-order chi connectivity index (χ1) is 10.6. The van der Waals surface area contributed by atoms with Crippen molar-refractivity contribution in [3.8, 4) is 0 Å². The van der Waals surface area contributed by atoms with Crippen molar-refractivity contribution in [3.63, 3.8) is 0 Å². The highest BCUT2D eigenvalue weighted by molar-refractivity contribution is 5.87. The largest absolute Gasteiger partial charge is 0.479 e. The van der Waals surface area contributed by atoms with Gasteiger partial charge in [-0.3, -0.25) is 0 Å². The molecule has 0 saturated carbocycles. The summed E-state index contributed by atoms with van der Waals surface area (Å²) in [5.74, 6) is 1.68. The van der Waals surface area contributed by atoms with Gasteiger partial charge in [0.15, 0.2) is 0 Å². The molecule has 2 aromatic rings. The fourth-order valence-electron chi connectivity index (χ4n) is 2.24. The van der Waals surface area contributed by atoms with Crippen LogP contribution in [0.2, 0.25) is 0 Å². The zero-order valence-electron chi connectivity index (χ0n) is 13.1. The van der Waals surface area contributed by atoms with E-state index < -0.39 is 0 Å². The second kappa shape index (κ2) is 5.81. The number of aromatic nitrogens is 1. The number of nitrogens with zero attached hydrogens (tertiary/aromatic N) is 1. The normalized spacial score (nSPS) is 15.9. The van der Waals surface area contributed by atoms with E-state index in [2.05, 4.69) is 28.5 Å². The first-order valence-electron chi connectivity index (χ1n) is 7.32. The summed E-state index contributed by atoms with van der Waals surface area (Å²) in [7, 11) is 1.65. The summed E-state index contributed by atoms with van der Waals surface area (Å²) >= 11 is 0. The van der Waals surface area contributed by atoms with Crippen molar-refractivity contribution in [1.82, 2.24) is 4.98 Å². The molecule has 0 saturated heterocycles. The van der Waals surface area contributed by atoms with Gasteiger partial charge in [-0.25, -0.2) is 4.98 Å². The van der Waals surface area contributed by atoms with Gasteiger partial charge < -0.3 is 14.8 Å². The molecule has 1 aliphatic carbocycles. The molecule has 114 valence electrons.